The lowest BCUT2D eigenvalue weighted by Gasteiger charge is -2.20. The maximum atomic E-state index is 13.5. The first-order valence-electron chi connectivity index (χ1n) is 5.33. The summed E-state index contributed by atoms with van der Waals surface area (Å²) in [5, 5.41) is 11.7. The third-order valence-electron chi connectivity index (χ3n) is 2.51. The van der Waals surface area contributed by atoms with Crippen molar-refractivity contribution in [1.82, 2.24) is 5.32 Å². The van der Waals surface area contributed by atoms with Crippen LogP contribution >= 0.6 is 15.9 Å². The van der Waals surface area contributed by atoms with Crippen molar-refractivity contribution in [1.29, 1.82) is 0 Å². The summed E-state index contributed by atoms with van der Waals surface area (Å²) < 4.78 is 13.9. The predicted molar refractivity (Wildman–Crippen MR) is 67.3 cm³/mol. The van der Waals surface area contributed by atoms with Crippen LogP contribution in [0.15, 0.2) is 22.7 Å². The molecule has 0 aromatic heterocycles. The molecule has 2 N–H and O–H groups in total. The molecule has 0 radical (unpaired) electrons. The van der Waals surface area contributed by atoms with Gasteiger partial charge in [0.15, 0.2) is 0 Å². The number of hydrogen-bond donors (Lipinski definition) is 2. The molecule has 0 fully saturated rings. The topological polar surface area (TPSA) is 49.3 Å². The highest BCUT2D eigenvalue weighted by Gasteiger charge is 2.20. The third kappa shape index (κ3) is 3.51. The van der Waals surface area contributed by atoms with Crippen molar-refractivity contribution >= 4 is 21.8 Å². The molecular formula is C12H15BrFNO2. The van der Waals surface area contributed by atoms with E-state index in [9.17, 15) is 9.18 Å². The van der Waals surface area contributed by atoms with Crippen LogP contribution < -0.4 is 5.32 Å². The number of rotatable bonds is 4. The molecule has 1 atom stereocenters. The number of aliphatic hydroxyl groups is 1. The highest BCUT2D eigenvalue weighted by molar-refractivity contribution is 9.10. The summed E-state index contributed by atoms with van der Waals surface area (Å²) in [6.07, 6.45) is 0. The molecule has 1 aromatic carbocycles. The van der Waals surface area contributed by atoms with Crippen LogP contribution in [0.1, 0.15) is 24.2 Å². The smallest absolute Gasteiger partial charge is 0.255 e. The normalized spacial score (nSPS) is 12.6. The number of nitrogens with one attached hydrogen (secondary N) is 1. The summed E-state index contributed by atoms with van der Waals surface area (Å²) in [7, 11) is 0. The zero-order valence-corrected chi connectivity index (χ0v) is 11.3. The van der Waals surface area contributed by atoms with E-state index in [0.717, 1.165) is 0 Å². The highest BCUT2D eigenvalue weighted by atomic mass is 79.9. The molecule has 17 heavy (non-hydrogen) atoms. The lowest BCUT2D eigenvalue weighted by molar-refractivity contribution is 0.0892. The molecule has 1 aromatic rings. The Labute approximate surface area is 108 Å². The molecule has 1 rings (SSSR count). The second-order valence-electron chi connectivity index (χ2n) is 4.10. The highest BCUT2D eigenvalue weighted by Crippen LogP contribution is 2.19. The van der Waals surface area contributed by atoms with E-state index < -0.39 is 11.7 Å². The number of hydrogen-bond acceptors (Lipinski definition) is 2. The first kappa shape index (κ1) is 14.1. The molecule has 0 aliphatic carbocycles. The van der Waals surface area contributed by atoms with Gasteiger partial charge in [-0.2, -0.15) is 0 Å². The van der Waals surface area contributed by atoms with E-state index in [-0.39, 0.29) is 24.1 Å². The van der Waals surface area contributed by atoms with Crippen molar-refractivity contribution in [2.45, 2.75) is 19.9 Å². The van der Waals surface area contributed by atoms with Crippen LogP contribution in [0.5, 0.6) is 0 Å². The largest absolute Gasteiger partial charge is 0.394 e. The Morgan fingerprint density at radius 2 is 2.18 bits per heavy atom. The Kier molecular flexibility index (Phi) is 5.08. The molecule has 0 bridgehead atoms. The van der Waals surface area contributed by atoms with Crippen LogP contribution in [0.25, 0.3) is 0 Å². The van der Waals surface area contributed by atoms with E-state index in [0.29, 0.717) is 4.47 Å². The van der Waals surface area contributed by atoms with Crippen LogP contribution in [0.2, 0.25) is 0 Å². The van der Waals surface area contributed by atoms with Gasteiger partial charge in [0.1, 0.15) is 5.82 Å². The standard InChI is InChI=1S/C12H15BrFNO2/c1-7(2)10(6-16)15-12(17)11-8(13)4-3-5-9(11)14/h3-5,7,10,16H,6H2,1-2H3,(H,15,17). The van der Waals surface area contributed by atoms with Gasteiger partial charge in [0.05, 0.1) is 18.2 Å². The third-order valence-corrected chi connectivity index (χ3v) is 3.17. The summed E-state index contributed by atoms with van der Waals surface area (Å²) >= 11 is 3.13. The molecule has 0 heterocycles. The lowest BCUT2D eigenvalue weighted by Crippen LogP contribution is -2.41. The van der Waals surface area contributed by atoms with Crippen molar-refractivity contribution in [3.63, 3.8) is 0 Å². The quantitative estimate of drug-likeness (QED) is 0.897. The van der Waals surface area contributed by atoms with Crippen molar-refractivity contribution in [3.05, 3.63) is 34.1 Å². The number of carbonyl (C=O) groups is 1. The maximum Gasteiger partial charge on any atom is 0.255 e. The molecule has 0 aliphatic heterocycles. The first-order valence-corrected chi connectivity index (χ1v) is 6.12. The minimum atomic E-state index is -0.586. The number of benzene rings is 1. The fourth-order valence-corrected chi connectivity index (χ4v) is 1.90. The number of amides is 1. The average Bonchev–Trinajstić information content (AvgIpc) is 2.25. The Balaban J connectivity index is 2.90. The monoisotopic (exact) mass is 303 g/mol. The zero-order chi connectivity index (χ0) is 13.0. The van der Waals surface area contributed by atoms with Crippen LogP contribution in [0.3, 0.4) is 0 Å². The zero-order valence-electron chi connectivity index (χ0n) is 9.71. The predicted octanol–water partition coefficient (Wildman–Crippen LogP) is 2.33. The van der Waals surface area contributed by atoms with Gasteiger partial charge in [0, 0.05) is 4.47 Å². The van der Waals surface area contributed by atoms with Gasteiger partial charge >= 0.3 is 0 Å². The molecule has 1 unspecified atom stereocenters. The maximum absolute atomic E-state index is 13.5. The minimum absolute atomic E-state index is 0.0356. The van der Waals surface area contributed by atoms with Crippen LogP contribution in [-0.2, 0) is 0 Å². The fourth-order valence-electron chi connectivity index (χ4n) is 1.38. The molecule has 0 saturated carbocycles. The number of carbonyl (C=O) groups excluding carboxylic acids is 1. The van der Waals surface area contributed by atoms with Crippen molar-refractivity contribution in [3.8, 4) is 0 Å². The van der Waals surface area contributed by atoms with E-state index >= 15 is 0 Å². The van der Waals surface area contributed by atoms with Gasteiger partial charge in [-0.25, -0.2) is 4.39 Å². The minimum Gasteiger partial charge on any atom is -0.394 e. The molecule has 0 saturated heterocycles. The van der Waals surface area contributed by atoms with Crippen molar-refractivity contribution in [2.75, 3.05) is 6.61 Å². The number of halogens is 2. The molecule has 1 amide bonds. The van der Waals surface area contributed by atoms with E-state index in [1.165, 1.54) is 12.1 Å². The summed E-state index contributed by atoms with van der Waals surface area (Å²) in [6.45, 7) is 3.57. The summed E-state index contributed by atoms with van der Waals surface area (Å²) in [5.74, 6) is -1.03. The van der Waals surface area contributed by atoms with Crippen LogP contribution in [0, 0.1) is 11.7 Å². The van der Waals surface area contributed by atoms with Gasteiger partial charge < -0.3 is 10.4 Å². The lowest BCUT2D eigenvalue weighted by atomic mass is 10.0. The molecule has 0 aliphatic rings. The summed E-state index contributed by atoms with van der Waals surface area (Å²) in [4.78, 5) is 11.9. The van der Waals surface area contributed by atoms with E-state index in [2.05, 4.69) is 21.2 Å². The summed E-state index contributed by atoms with van der Waals surface area (Å²) in [5.41, 5.74) is -0.0356. The van der Waals surface area contributed by atoms with Crippen molar-refractivity contribution < 1.29 is 14.3 Å². The Morgan fingerprint density at radius 3 is 2.65 bits per heavy atom. The van der Waals surface area contributed by atoms with Crippen LogP contribution in [-0.4, -0.2) is 23.7 Å². The van der Waals surface area contributed by atoms with E-state index in [1.807, 2.05) is 13.8 Å². The summed E-state index contributed by atoms with van der Waals surface area (Å²) in [6, 6.07) is 3.96. The van der Waals surface area contributed by atoms with Gasteiger partial charge in [-0.1, -0.05) is 19.9 Å². The molecule has 94 valence electrons. The molecule has 5 heteroatoms. The fraction of sp³-hybridized carbons (Fsp3) is 0.417. The Bertz CT molecular complexity index is 389. The van der Waals surface area contributed by atoms with Crippen LogP contribution in [0.4, 0.5) is 4.39 Å². The van der Waals surface area contributed by atoms with Gasteiger partial charge in [0.25, 0.3) is 5.91 Å². The SMILES string of the molecule is CC(C)C(CO)NC(=O)c1c(F)cccc1Br. The van der Waals surface area contributed by atoms with Gasteiger partial charge in [-0.15, -0.1) is 0 Å². The average molecular weight is 304 g/mol. The first-order chi connectivity index (χ1) is 7.97. The molecule has 0 spiro atoms. The Hall–Kier alpha value is -0.940. The van der Waals surface area contributed by atoms with Gasteiger partial charge in [0.2, 0.25) is 0 Å². The molecular weight excluding hydrogens is 289 g/mol. The van der Waals surface area contributed by atoms with Gasteiger partial charge in [-0.05, 0) is 34.0 Å². The second-order valence-corrected chi connectivity index (χ2v) is 4.96. The van der Waals surface area contributed by atoms with Gasteiger partial charge in [-0.3, -0.25) is 4.79 Å². The Morgan fingerprint density at radius 1 is 1.53 bits per heavy atom. The molecule has 3 nitrogen and oxygen atoms in total. The van der Waals surface area contributed by atoms with Crippen molar-refractivity contribution in [2.24, 2.45) is 5.92 Å². The second kappa shape index (κ2) is 6.12. The van der Waals surface area contributed by atoms with E-state index in [1.54, 1.807) is 6.07 Å². The van der Waals surface area contributed by atoms with E-state index in [4.69, 9.17) is 5.11 Å². The number of aliphatic hydroxyl groups excluding tert-OH is 1.